The lowest BCUT2D eigenvalue weighted by atomic mass is 10.1. The van der Waals surface area contributed by atoms with Crippen molar-refractivity contribution in [2.75, 3.05) is 5.32 Å². The Bertz CT molecular complexity index is 502. The van der Waals surface area contributed by atoms with E-state index in [-0.39, 0.29) is 11.9 Å². The minimum Gasteiger partial charge on any atom is -0.379 e. The number of halogens is 1. The van der Waals surface area contributed by atoms with E-state index in [2.05, 4.69) is 43.4 Å². The molecule has 1 nitrogen and oxygen atoms in total. The summed E-state index contributed by atoms with van der Waals surface area (Å²) in [7, 11) is 0. The van der Waals surface area contributed by atoms with Crippen LogP contribution < -0.4 is 5.32 Å². The van der Waals surface area contributed by atoms with Crippen LogP contribution in [0.1, 0.15) is 37.4 Å². The third-order valence-corrected chi connectivity index (χ3v) is 3.25. The third kappa shape index (κ3) is 3.82. The highest BCUT2D eigenvalue weighted by atomic mass is 19.1. The van der Waals surface area contributed by atoms with Crippen LogP contribution in [0.25, 0.3) is 0 Å². The summed E-state index contributed by atoms with van der Waals surface area (Å²) >= 11 is 0. The van der Waals surface area contributed by atoms with Gasteiger partial charge in [0.15, 0.2) is 0 Å². The maximum absolute atomic E-state index is 12.9. The molecule has 2 heteroatoms. The van der Waals surface area contributed by atoms with Crippen LogP contribution in [-0.4, -0.2) is 0 Å². The number of anilines is 1. The molecule has 0 amide bonds. The van der Waals surface area contributed by atoms with Crippen LogP contribution in [0, 0.1) is 5.82 Å². The van der Waals surface area contributed by atoms with Gasteiger partial charge >= 0.3 is 0 Å². The zero-order chi connectivity index (χ0) is 13.7. The van der Waals surface area contributed by atoms with Crippen molar-refractivity contribution in [3.63, 3.8) is 0 Å². The molecule has 0 radical (unpaired) electrons. The van der Waals surface area contributed by atoms with Crippen LogP contribution in [0.15, 0.2) is 48.5 Å². The molecule has 100 valence electrons. The summed E-state index contributed by atoms with van der Waals surface area (Å²) in [5, 5.41) is 3.42. The van der Waals surface area contributed by atoms with Gasteiger partial charge in [-0.1, -0.05) is 37.6 Å². The maximum Gasteiger partial charge on any atom is 0.123 e. The van der Waals surface area contributed by atoms with Gasteiger partial charge in [-0.05, 0) is 48.7 Å². The molecule has 1 unspecified atom stereocenters. The van der Waals surface area contributed by atoms with E-state index in [0.29, 0.717) is 0 Å². The quantitative estimate of drug-likeness (QED) is 0.799. The summed E-state index contributed by atoms with van der Waals surface area (Å²) in [5.41, 5.74) is 3.54. The Hall–Kier alpha value is -1.83. The van der Waals surface area contributed by atoms with E-state index in [1.807, 2.05) is 12.1 Å². The minimum absolute atomic E-state index is 0.164. The molecule has 1 N–H and O–H groups in total. The molecule has 0 saturated heterocycles. The molecule has 1 atom stereocenters. The van der Waals surface area contributed by atoms with Gasteiger partial charge in [0.05, 0.1) is 0 Å². The average Bonchev–Trinajstić information content (AvgIpc) is 2.42. The summed E-state index contributed by atoms with van der Waals surface area (Å²) in [4.78, 5) is 0. The van der Waals surface area contributed by atoms with Crippen molar-refractivity contribution in [3.8, 4) is 0 Å². The molecule has 0 aliphatic heterocycles. The first-order valence-corrected chi connectivity index (χ1v) is 6.80. The van der Waals surface area contributed by atoms with Crippen LogP contribution >= 0.6 is 0 Å². The molecule has 2 aromatic rings. The van der Waals surface area contributed by atoms with Gasteiger partial charge in [0.2, 0.25) is 0 Å². The van der Waals surface area contributed by atoms with Crippen molar-refractivity contribution in [3.05, 3.63) is 65.5 Å². The molecule has 0 heterocycles. The molecular weight excluding hydrogens is 237 g/mol. The van der Waals surface area contributed by atoms with Gasteiger partial charge in [-0.3, -0.25) is 0 Å². The molecule has 0 aliphatic carbocycles. The van der Waals surface area contributed by atoms with Gasteiger partial charge in [0, 0.05) is 11.7 Å². The molecule has 0 aromatic heterocycles. The lowest BCUT2D eigenvalue weighted by molar-refractivity contribution is 0.626. The van der Waals surface area contributed by atoms with Gasteiger partial charge in [0.25, 0.3) is 0 Å². The molecule has 0 spiro atoms. The van der Waals surface area contributed by atoms with E-state index in [1.165, 1.54) is 24.1 Å². The largest absolute Gasteiger partial charge is 0.379 e. The van der Waals surface area contributed by atoms with Crippen LogP contribution in [0.4, 0.5) is 10.1 Å². The zero-order valence-electron chi connectivity index (χ0n) is 11.5. The van der Waals surface area contributed by atoms with Crippen LogP contribution in [0.3, 0.4) is 0 Å². The number of rotatable bonds is 5. The molecule has 0 bridgehead atoms. The maximum atomic E-state index is 12.9. The topological polar surface area (TPSA) is 12.0 Å². The van der Waals surface area contributed by atoms with Crippen LogP contribution in [0.5, 0.6) is 0 Å². The predicted molar refractivity (Wildman–Crippen MR) is 78.9 cm³/mol. The first kappa shape index (κ1) is 13.6. The number of aryl methyl sites for hydroxylation is 1. The van der Waals surface area contributed by atoms with Gasteiger partial charge in [-0.15, -0.1) is 0 Å². The second-order valence-corrected chi connectivity index (χ2v) is 4.86. The smallest absolute Gasteiger partial charge is 0.123 e. The molecule has 0 fully saturated rings. The number of nitrogens with one attached hydrogen (secondary N) is 1. The Balaban J connectivity index is 2.01. The van der Waals surface area contributed by atoms with Crippen molar-refractivity contribution < 1.29 is 4.39 Å². The Labute approximate surface area is 114 Å². The van der Waals surface area contributed by atoms with Gasteiger partial charge in [0.1, 0.15) is 5.82 Å². The summed E-state index contributed by atoms with van der Waals surface area (Å²) in [6.07, 6.45) is 2.28. The van der Waals surface area contributed by atoms with Gasteiger partial charge in [-0.2, -0.15) is 0 Å². The molecule has 19 heavy (non-hydrogen) atoms. The second-order valence-electron chi connectivity index (χ2n) is 4.86. The molecular formula is C17H20FN. The lowest BCUT2D eigenvalue weighted by Gasteiger charge is -2.16. The van der Waals surface area contributed by atoms with Crippen molar-refractivity contribution in [1.29, 1.82) is 0 Å². The van der Waals surface area contributed by atoms with Crippen molar-refractivity contribution in [1.82, 2.24) is 0 Å². The normalized spacial score (nSPS) is 12.2. The average molecular weight is 257 g/mol. The predicted octanol–water partition coefficient (Wildman–Crippen LogP) is 4.95. The molecule has 0 saturated carbocycles. The van der Waals surface area contributed by atoms with Crippen molar-refractivity contribution in [2.24, 2.45) is 0 Å². The SMILES string of the molecule is CCCc1ccc(NC(C)c2ccc(F)cc2)cc1. The number of benzene rings is 2. The molecule has 2 rings (SSSR count). The number of hydrogen-bond donors (Lipinski definition) is 1. The Morgan fingerprint density at radius 1 is 1.00 bits per heavy atom. The molecule has 2 aromatic carbocycles. The van der Waals surface area contributed by atoms with Crippen molar-refractivity contribution in [2.45, 2.75) is 32.7 Å². The molecule has 0 aliphatic rings. The monoisotopic (exact) mass is 257 g/mol. The highest BCUT2D eigenvalue weighted by Crippen LogP contribution is 2.20. The highest BCUT2D eigenvalue weighted by Gasteiger charge is 2.05. The van der Waals surface area contributed by atoms with E-state index in [9.17, 15) is 4.39 Å². The minimum atomic E-state index is -0.195. The summed E-state index contributed by atoms with van der Waals surface area (Å²) in [6, 6.07) is 15.3. The van der Waals surface area contributed by atoms with E-state index in [1.54, 1.807) is 0 Å². The highest BCUT2D eigenvalue weighted by molar-refractivity contribution is 5.46. The second kappa shape index (κ2) is 6.37. The fourth-order valence-electron chi connectivity index (χ4n) is 2.14. The summed E-state index contributed by atoms with van der Waals surface area (Å²) in [6.45, 7) is 4.26. The summed E-state index contributed by atoms with van der Waals surface area (Å²) < 4.78 is 12.9. The first-order valence-electron chi connectivity index (χ1n) is 6.80. The fraction of sp³-hybridized carbons (Fsp3) is 0.294. The third-order valence-electron chi connectivity index (χ3n) is 3.25. The van der Waals surface area contributed by atoms with E-state index in [4.69, 9.17) is 0 Å². The van der Waals surface area contributed by atoms with E-state index < -0.39 is 0 Å². The zero-order valence-corrected chi connectivity index (χ0v) is 11.5. The Morgan fingerprint density at radius 3 is 2.21 bits per heavy atom. The van der Waals surface area contributed by atoms with Crippen LogP contribution in [0.2, 0.25) is 0 Å². The number of hydrogen-bond acceptors (Lipinski definition) is 1. The standard InChI is InChI=1S/C17H20FN/c1-3-4-14-5-11-17(12-6-14)19-13(2)15-7-9-16(18)10-8-15/h5-13,19H,3-4H2,1-2H3. The Morgan fingerprint density at radius 2 is 1.63 bits per heavy atom. The lowest BCUT2D eigenvalue weighted by Crippen LogP contribution is -2.06. The fourth-order valence-corrected chi connectivity index (χ4v) is 2.14. The van der Waals surface area contributed by atoms with Gasteiger partial charge < -0.3 is 5.32 Å². The summed E-state index contributed by atoms with van der Waals surface area (Å²) in [5.74, 6) is -0.195. The van der Waals surface area contributed by atoms with E-state index >= 15 is 0 Å². The van der Waals surface area contributed by atoms with E-state index in [0.717, 1.165) is 17.7 Å². The Kier molecular flexibility index (Phi) is 4.56. The van der Waals surface area contributed by atoms with Crippen molar-refractivity contribution >= 4 is 5.69 Å². The van der Waals surface area contributed by atoms with Crippen LogP contribution in [-0.2, 0) is 6.42 Å². The van der Waals surface area contributed by atoms with Gasteiger partial charge in [-0.25, -0.2) is 4.39 Å². The first-order chi connectivity index (χ1) is 9.19.